The molecule has 0 aliphatic heterocycles. The van der Waals surface area contributed by atoms with Crippen molar-refractivity contribution in [2.45, 2.75) is 13.1 Å². The van der Waals surface area contributed by atoms with Crippen molar-refractivity contribution < 1.29 is 4.92 Å². The van der Waals surface area contributed by atoms with Gasteiger partial charge >= 0.3 is 5.82 Å². The molecule has 0 bridgehead atoms. The maximum atomic E-state index is 10.9. The van der Waals surface area contributed by atoms with Gasteiger partial charge in [-0.3, -0.25) is 4.90 Å². The van der Waals surface area contributed by atoms with E-state index >= 15 is 0 Å². The summed E-state index contributed by atoms with van der Waals surface area (Å²) >= 11 is 0. The molecule has 0 saturated heterocycles. The highest BCUT2D eigenvalue weighted by molar-refractivity contribution is 5.82. The lowest BCUT2D eigenvalue weighted by Gasteiger charge is -2.15. The molecule has 3 rings (SSSR count). The Morgan fingerprint density at radius 2 is 1.91 bits per heavy atom. The Balaban J connectivity index is 1.73. The van der Waals surface area contributed by atoms with Crippen molar-refractivity contribution in [3.8, 4) is 0 Å². The van der Waals surface area contributed by atoms with Crippen molar-refractivity contribution in [1.29, 1.82) is 0 Å². The Kier molecular flexibility index (Phi) is 4.08. The van der Waals surface area contributed by atoms with E-state index in [2.05, 4.69) is 40.2 Å². The van der Waals surface area contributed by atoms with E-state index in [4.69, 9.17) is 0 Å². The third kappa shape index (κ3) is 3.22. The Morgan fingerprint density at radius 3 is 2.61 bits per heavy atom. The van der Waals surface area contributed by atoms with E-state index in [1.807, 2.05) is 19.2 Å². The Labute approximate surface area is 134 Å². The maximum Gasteiger partial charge on any atom is 0.342 e. The monoisotopic (exact) mass is 310 g/mol. The molecule has 23 heavy (non-hydrogen) atoms. The van der Waals surface area contributed by atoms with Crippen LogP contribution in [0.25, 0.3) is 10.8 Å². The Hall–Kier alpha value is -2.73. The number of fused-ring (bicyclic) bond motifs is 1. The number of nitrogens with zero attached hydrogens (tertiary/aromatic N) is 4. The summed E-state index contributed by atoms with van der Waals surface area (Å²) in [7, 11) is 3.65. The summed E-state index contributed by atoms with van der Waals surface area (Å²) < 4.78 is 1.52. The average molecular weight is 310 g/mol. The molecule has 0 aliphatic carbocycles. The van der Waals surface area contributed by atoms with Crippen LogP contribution in [0.15, 0.2) is 48.7 Å². The van der Waals surface area contributed by atoms with E-state index in [-0.39, 0.29) is 5.82 Å². The number of imidazole rings is 1. The van der Waals surface area contributed by atoms with Gasteiger partial charge in [0.1, 0.15) is 6.20 Å². The molecule has 0 saturated carbocycles. The van der Waals surface area contributed by atoms with E-state index in [0.717, 1.165) is 6.54 Å². The van der Waals surface area contributed by atoms with Gasteiger partial charge in [-0.25, -0.2) is 9.55 Å². The summed E-state index contributed by atoms with van der Waals surface area (Å²) in [5.41, 5.74) is 1.20. The summed E-state index contributed by atoms with van der Waals surface area (Å²) in [4.78, 5) is 16.7. The normalized spacial score (nSPS) is 11.3. The molecule has 6 nitrogen and oxygen atoms in total. The van der Waals surface area contributed by atoms with Gasteiger partial charge in [0.15, 0.2) is 0 Å². The van der Waals surface area contributed by atoms with Crippen LogP contribution in [0.5, 0.6) is 0 Å². The predicted molar refractivity (Wildman–Crippen MR) is 89.0 cm³/mol. The van der Waals surface area contributed by atoms with Crippen LogP contribution in [0.4, 0.5) is 5.82 Å². The van der Waals surface area contributed by atoms with E-state index < -0.39 is 4.92 Å². The van der Waals surface area contributed by atoms with Crippen LogP contribution in [0.3, 0.4) is 0 Å². The van der Waals surface area contributed by atoms with E-state index in [9.17, 15) is 10.1 Å². The van der Waals surface area contributed by atoms with Crippen LogP contribution < -0.4 is 0 Å². The molecule has 0 radical (unpaired) electrons. The summed E-state index contributed by atoms with van der Waals surface area (Å²) in [5, 5.41) is 13.3. The quantitative estimate of drug-likeness (QED) is 0.536. The second-order valence-corrected chi connectivity index (χ2v) is 5.70. The SMILES string of the molecule is CN(Cc1ccc2ccccc2c1)Cc1ncc([N+](=O)[O-])n1C. The highest BCUT2D eigenvalue weighted by atomic mass is 16.6. The zero-order chi connectivity index (χ0) is 16.4. The molecule has 3 aromatic rings. The summed E-state index contributed by atoms with van der Waals surface area (Å²) in [6.07, 6.45) is 1.30. The van der Waals surface area contributed by atoms with Crippen molar-refractivity contribution >= 4 is 16.6 Å². The molecule has 6 heteroatoms. The second-order valence-electron chi connectivity index (χ2n) is 5.70. The van der Waals surface area contributed by atoms with Gasteiger partial charge in [-0.2, -0.15) is 0 Å². The molecule has 1 aromatic heterocycles. The number of aromatic nitrogens is 2. The zero-order valence-electron chi connectivity index (χ0n) is 13.1. The molecule has 118 valence electrons. The standard InChI is InChI=1S/C17H18N4O2/c1-19(12-16-18-10-17(20(16)2)21(22)23)11-13-7-8-14-5-3-4-6-15(14)9-13/h3-10H,11-12H2,1-2H3. The van der Waals surface area contributed by atoms with Crippen LogP contribution in [0.2, 0.25) is 0 Å². The van der Waals surface area contributed by atoms with Gasteiger partial charge in [0.05, 0.1) is 13.6 Å². The number of hydrogen-bond acceptors (Lipinski definition) is 4. The van der Waals surface area contributed by atoms with Gasteiger partial charge in [0.25, 0.3) is 0 Å². The van der Waals surface area contributed by atoms with Gasteiger partial charge in [-0.05, 0) is 34.4 Å². The van der Waals surface area contributed by atoms with Gasteiger partial charge in [-0.15, -0.1) is 0 Å². The highest BCUT2D eigenvalue weighted by Crippen LogP contribution is 2.18. The number of benzene rings is 2. The van der Waals surface area contributed by atoms with Crippen LogP contribution in [-0.2, 0) is 20.1 Å². The van der Waals surface area contributed by atoms with Crippen LogP contribution in [0.1, 0.15) is 11.4 Å². The molecule has 0 unspecified atom stereocenters. The van der Waals surface area contributed by atoms with Gasteiger partial charge in [0.2, 0.25) is 5.82 Å². The largest absolute Gasteiger partial charge is 0.358 e. The van der Waals surface area contributed by atoms with Crippen LogP contribution >= 0.6 is 0 Å². The molecule has 0 spiro atoms. The number of nitro groups is 1. The van der Waals surface area contributed by atoms with Crippen LogP contribution in [-0.4, -0.2) is 26.4 Å². The lowest BCUT2D eigenvalue weighted by atomic mass is 10.1. The van der Waals surface area contributed by atoms with Gasteiger partial charge in [-0.1, -0.05) is 36.4 Å². The molecule has 0 aliphatic rings. The Bertz CT molecular complexity index is 857. The second kappa shape index (κ2) is 6.18. The lowest BCUT2D eigenvalue weighted by molar-refractivity contribution is -0.391. The van der Waals surface area contributed by atoms with E-state index in [1.54, 1.807) is 7.05 Å². The fourth-order valence-corrected chi connectivity index (χ4v) is 2.70. The van der Waals surface area contributed by atoms with Crippen molar-refractivity contribution in [3.05, 3.63) is 70.2 Å². The first-order valence-electron chi connectivity index (χ1n) is 7.36. The maximum absolute atomic E-state index is 10.9. The first-order valence-corrected chi connectivity index (χ1v) is 7.36. The lowest BCUT2D eigenvalue weighted by Crippen LogP contribution is -2.19. The van der Waals surface area contributed by atoms with Crippen molar-refractivity contribution in [1.82, 2.24) is 14.5 Å². The first kappa shape index (κ1) is 15.2. The molecule has 2 aromatic carbocycles. The van der Waals surface area contributed by atoms with Gasteiger partial charge in [0, 0.05) is 6.54 Å². The minimum Gasteiger partial charge on any atom is -0.358 e. The molecule has 0 atom stereocenters. The van der Waals surface area contributed by atoms with E-state index in [0.29, 0.717) is 12.4 Å². The predicted octanol–water partition coefficient (Wildman–Crippen LogP) is 3.11. The zero-order valence-corrected chi connectivity index (χ0v) is 13.1. The molecule has 1 heterocycles. The number of hydrogen-bond donors (Lipinski definition) is 0. The third-order valence-electron chi connectivity index (χ3n) is 3.92. The van der Waals surface area contributed by atoms with Crippen molar-refractivity contribution in [3.63, 3.8) is 0 Å². The van der Waals surface area contributed by atoms with E-state index in [1.165, 1.54) is 27.1 Å². The fourth-order valence-electron chi connectivity index (χ4n) is 2.70. The van der Waals surface area contributed by atoms with Crippen molar-refractivity contribution in [2.75, 3.05) is 7.05 Å². The molecule has 0 fully saturated rings. The molecular formula is C17H18N4O2. The first-order chi connectivity index (χ1) is 11.0. The van der Waals surface area contributed by atoms with Crippen molar-refractivity contribution in [2.24, 2.45) is 7.05 Å². The third-order valence-corrected chi connectivity index (χ3v) is 3.92. The molecular weight excluding hydrogens is 292 g/mol. The molecule has 0 N–H and O–H groups in total. The minimum atomic E-state index is -0.417. The van der Waals surface area contributed by atoms with Crippen LogP contribution in [0, 0.1) is 10.1 Å². The summed E-state index contributed by atoms with van der Waals surface area (Å²) in [5.74, 6) is 0.694. The summed E-state index contributed by atoms with van der Waals surface area (Å²) in [6, 6.07) is 14.7. The smallest absolute Gasteiger partial charge is 0.342 e. The fraction of sp³-hybridized carbons (Fsp3) is 0.235. The number of rotatable bonds is 5. The molecule has 0 amide bonds. The Morgan fingerprint density at radius 1 is 1.17 bits per heavy atom. The highest BCUT2D eigenvalue weighted by Gasteiger charge is 2.17. The summed E-state index contributed by atoms with van der Waals surface area (Å²) in [6.45, 7) is 1.31. The minimum absolute atomic E-state index is 0.0131. The average Bonchev–Trinajstić information content (AvgIpc) is 2.88. The topological polar surface area (TPSA) is 64.2 Å². The van der Waals surface area contributed by atoms with Gasteiger partial charge < -0.3 is 10.1 Å².